The van der Waals surface area contributed by atoms with Crippen molar-refractivity contribution >= 4 is 17.4 Å². The van der Waals surface area contributed by atoms with Gasteiger partial charge >= 0.3 is 5.97 Å². The van der Waals surface area contributed by atoms with E-state index in [0.717, 1.165) is 13.1 Å². The molecular weight excluding hydrogens is 334 g/mol. The molecule has 140 valence electrons. The molecule has 0 aromatic carbocycles. The molecule has 3 rings (SSSR count). The van der Waals surface area contributed by atoms with E-state index in [1.165, 1.54) is 0 Å². The van der Waals surface area contributed by atoms with E-state index in [1.807, 2.05) is 26.0 Å². The van der Waals surface area contributed by atoms with Crippen molar-refractivity contribution in [1.29, 1.82) is 0 Å². The van der Waals surface area contributed by atoms with Gasteiger partial charge in [0.25, 0.3) is 0 Å². The molecule has 0 saturated carbocycles. The van der Waals surface area contributed by atoms with E-state index in [0.29, 0.717) is 42.2 Å². The van der Waals surface area contributed by atoms with Gasteiger partial charge in [-0.1, -0.05) is 0 Å². The highest BCUT2D eigenvalue weighted by molar-refractivity contribution is 5.97. The van der Waals surface area contributed by atoms with E-state index in [9.17, 15) is 14.7 Å². The Labute approximate surface area is 152 Å². The second kappa shape index (κ2) is 7.45. The van der Waals surface area contributed by atoms with Crippen molar-refractivity contribution in [1.82, 2.24) is 14.7 Å². The number of carbonyl (C=O) groups excluding carboxylic acids is 1. The van der Waals surface area contributed by atoms with Crippen LogP contribution in [0.4, 0.5) is 0 Å². The fourth-order valence-corrected chi connectivity index (χ4v) is 3.88. The number of fused-ring (bicyclic) bond motifs is 1. The van der Waals surface area contributed by atoms with Crippen LogP contribution in [0.15, 0.2) is 18.3 Å². The molecule has 2 aromatic heterocycles. The average molecular weight is 359 g/mol. The Morgan fingerprint density at radius 3 is 2.73 bits per heavy atom. The molecule has 0 radical (unpaired) electrons. The van der Waals surface area contributed by atoms with Gasteiger partial charge in [-0.25, -0.2) is 4.98 Å². The number of aliphatic carboxylic acids is 1. The molecule has 3 heterocycles. The van der Waals surface area contributed by atoms with Gasteiger partial charge in [0.05, 0.1) is 18.7 Å². The maximum absolute atomic E-state index is 13.1. The van der Waals surface area contributed by atoms with E-state index >= 15 is 0 Å². The van der Waals surface area contributed by atoms with E-state index in [2.05, 4.69) is 10.3 Å². The lowest BCUT2D eigenvalue weighted by Crippen LogP contribution is -2.39. The van der Waals surface area contributed by atoms with Crippen LogP contribution in [0.1, 0.15) is 48.8 Å². The molecule has 0 amide bonds. The summed E-state index contributed by atoms with van der Waals surface area (Å²) in [6.07, 6.45) is 3.41. The summed E-state index contributed by atoms with van der Waals surface area (Å²) in [5, 5.41) is 12.6. The normalized spacial score (nSPS) is 16.5. The van der Waals surface area contributed by atoms with Gasteiger partial charge in [0, 0.05) is 12.6 Å². The molecule has 1 fully saturated rings. The Morgan fingerprint density at radius 1 is 1.35 bits per heavy atom. The summed E-state index contributed by atoms with van der Waals surface area (Å²) in [5.41, 5.74) is 1.28. The number of nitrogens with one attached hydrogen (secondary N) is 1. The van der Waals surface area contributed by atoms with Gasteiger partial charge in [-0.15, -0.1) is 0 Å². The second-order valence-corrected chi connectivity index (χ2v) is 6.97. The number of imidazole rings is 1. The molecule has 0 aliphatic carbocycles. The first-order valence-electron chi connectivity index (χ1n) is 9.02. The van der Waals surface area contributed by atoms with Crippen molar-refractivity contribution in [3.05, 3.63) is 29.7 Å². The predicted octanol–water partition coefficient (Wildman–Crippen LogP) is 2.46. The van der Waals surface area contributed by atoms with Crippen LogP contribution >= 0.6 is 0 Å². The van der Waals surface area contributed by atoms with Crippen LogP contribution in [-0.2, 0) is 4.79 Å². The summed E-state index contributed by atoms with van der Waals surface area (Å²) < 4.78 is 7.37. The Balaban J connectivity index is 1.95. The number of hydrogen-bond acceptors (Lipinski definition) is 5. The maximum atomic E-state index is 13.1. The standard InChI is InChI=1S/C19H25N3O4/c1-3-26-15-5-4-10-22-17(13(2)21-18(15)22)14(23)11-19(12-16(24)25)6-8-20-9-7-19/h4-5,10,20H,3,6-9,11-12H2,1-2H3,(H,24,25). The number of nitrogens with zero attached hydrogens (tertiary/aromatic N) is 2. The molecular formula is C19H25N3O4. The SMILES string of the molecule is CCOc1cccn2c(C(=O)CC3(CC(=O)O)CCNCC3)c(C)nc12. The van der Waals surface area contributed by atoms with Crippen molar-refractivity contribution in [3.63, 3.8) is 0 Å². The summed E-state index contributed by atoms with van der Waals surface area (Å²) in [6.45, 7) is 5.70. The fourth-order valence-electron chi connectivity index (χ4n) is 3.88. The molecule has 0 spiro atoms. The fraction of sp³-hybridized carbons (Fsp3) is 0.526. The molecule has 7 nitrogen and oxygen atoms in total. The molecule has 1 aliphatic rings. The van der Waals surface area contributed by atoms with Crippen molar-refractivity contribution in [2.45, 2.75) is 39.5 Å². The molecule has 0 bridgehead atoms. The molecule has 7 heteroatoms. The third-order valence-corrected chi connectivity index (χ3v) is 5.08. The molecule has 2 N–H and O–H groups in total. The largest absolute Gasteiger partial charge is 0.490 e. The van der Waals surface area contributed by atoms with Gasteiger partial charge < -0.3 is 15.2 Å². The predicted molar refractivity (Wildman–Crippen MR) is 96.8 cm³/mol. The van der Waals surface area contributed by atoms with Gasteiger partial charge in [0.15, 0.2) is 17.2 Å². The van der Waals surface area contributed by atoms with Crippen LogP contribution in [0.25, 0.3) is 5.65 Å². The molecule has 2 aromatic rings. The third kappa shape index (κ3) is 3.58. The molecule has 0 unspecified atom stereocenters. The highest BCUT2D eigenvalue weighted by atomic mass is 16.5. The van der Waals surface area contributed by atoms with Crippen LogP contribution in [0.2, 0.25) is 0 Å². The summed E-state index contributed by atoms with van der Waals surface area (Å²) in [5.74, 6) is -0.278. The van der Waals surface area contributed by atoms with Gasteiger partial charge in [0.2, 0.25) is 0 Å². The third-order valence-electron chi connectivity index (χ3n) is 5.08. The van der Waals surface area contributed by atoms with Crippen molar-refractivity contribution < 1.29 is 19.4 Å². The average Bonchev–Trinajstić information content (AvgIpc) is 2.92. The van der Waals surface area contributed by atoms with Crippen LogP contribution in [0.5, 0.6) is 5.75 Å². The summed E-state index contributed by atoms with van der Waals surface area (Å²) in [6, 6.07) is 3.66. The number of pyridine rings is 1. The highest BCUT2D eigenvalue weighted by Gasteiger charge is 2.37. The monoisotopic (exact) mass is 359 g/mol. The molecule has 0 atom stereocenters. The highest BCUT2D eigenvalue weighted by Crippen LogP contribution is 2.38. The second-order valence-electron chi connectivity index (χ2n) is 6.97. The van der Waals surface area contributed by atoms with Crippen LogP contribution in [-0.4, -0.2) is 45.9 Å². The topological polar surface area (TPSA) is 92.9 Å². The minimum absolute atomic E-state index is 0.0143. The lowest BCUT2D eigenvalue weighted by molar-refractivity contribution is -0.140. The van der Waals surface area contributed by atoms with Gasteiger partial charge in [-0.3, -0.25) is 14.0 Å². The number of carbonyl (C=O) groups is 2. The van der Waals surface area contributed by atoms with E-state index in [1.54, 1.807) is 10.6 Å². The Bertz CT molecular complexity index is 822. The van der Waals surface area contributed by atoms with Crippen molar-refractivity contribution in [3.8, 4) is 5.75 Å². The van der Waals surface area contributed by atoms with E-state index in [4.69, 9.17) is 4.74 Å². The van der Waals surface area contributed by atoms with E-state index < -0.39 is 11.4 Å². The lowest BCUT2D eigenvalue weighted by atomic mass is 9.72. The minimum Gasteiger partial charge on any atom is -0.490 e. The number of ether oxygens (including phenoxy) is 1. The molecule has 1 saturated heterocycles. The Morgan fingerprint density at radius 2 is 2.08 bits per heavy atom. The Kier molecular flexibility index (Phi) is 5.27. The van der Waals surface area contributed by atoms with Gasteiger partial charge in [-0.2, -0.15) is 0 Å². The summed E-state index contributed by atoms with van der Waals surface area (Å²) >= 11 is 0. The lowest BCUT2D eigenvalue weighted by Gasteiger charge is -2.36. The zero-order valence-corrected chi connectivity index (χ0v) is 15.2. The molecule has 26 heavy (non-hydrogen) atoms. The number of carboxylic acids is 1. The number of Topliss-reactive ketones (excluding diaryl/α,β-unsaturated/α-hetero) is 1. The van der Waals surface area contributed by atoms with Crippen molar-refractivity contribution in [2.75, 3.05) is 19.7 Å². The first kappa shape index (κ1) is 18.4. The number of rotatable bonds is 7. The number of carboxylic acid groups (broad SMARTS) is 1. The van der Waals surface area contributed by atoms with Gasteiger partial charge in [0.1, 0.15) is 5.69 Å². The van der Waals surface area contributed by atoms with Crippen LogP contribution < -0.4 is 10.1 Å². The number of aryl methyl sites for hydroxylation is 1. The zero-order valence-electron chi connectivity index (χ0n) is 15.2. The van der Waals surface area contributed by atoms with Crippen LogP contribution in [0, 0.1) is 12.3 Å². The number of hydrogen-bond donors (Lipinski definition) is 2. The number of aromatic nitrogens is 2. The maximum Gasteiger partial charge on any atom is 0.303 e. The first-order chi connectivity index (χ1) is 12.5. The Hall–Kier alpha value is -2.41. The van der Waals surface area contributed by atoms with Crippen LogP contribution in [0.3, 0.4) is 0 Å². The summed E-state index contributed by atoms with van der Waals surface area (Å²) in [4.78, 5) is 29.0. The quantitative estimate of drug-likeness (QED) is 0.738. The first-order valence-corrected chi connectivity index (χ1v) is 9.02. The summed E-state index contributed by atoms with van der Waals surface area (Å²) in [7, 11) is 0. The zero-order chi connectivity index (χ0) is 18.7. The van der Waals surface area contributed by atoms with Gasteiger partial charge in [-0.05, 0) is 57.3 Å². The number of ketones is 1. The minimum atomic E-state index is -0.854. The smallest absolute Gasteiger partial charge is 0.303 e. The molecule has 1 aliphatic heterocycles. The van der Waals surface area contributed by atoms with Crippen molar-refractivity contribution in [2.24, 2.45) is 5.41 Å². The van der Waals surface area contributed by atoms with E-state index in [-0.39, 0.29) is 18.6 Å². The number of piperidine rings is 1.